The van der Waals surface area contributed by atoms with Crippen LogP contribution in [0, 0.1) is 13.8 Å². The molecule has 1 aliphatic heterocycles. The third-order valence-electron chi connectivity index (χ3n) is 4.84. The lowest BCUT2D eigenvalue weighted by atomic mass is 10.2. The quantitative estimate of drug-likeness (QED) is 0.846. The molecule has 0 unspecified atom stereocenters. The van der Waals surface area contributed by atoms with E-state index >= 15 is 0 Å². The van der Waals surface area contributed by atoms with Crippen molar-refractivity contribution in [1.29, 1.82) is 0 Å². The maximum Gasteiger partial charge on any atom is 0.242 e. The molecular formula is C19H28N6O. The third kappa shape index (κ3) is 4.60. The molecule has 0 spiro atoms. The second-order valence-electron chi connectivity index (χ2n) is 6.81. The molecule has 26 heavy (non-hydrogen) atoms. The number of aryl methyl sites for hydroxylation is 2. The summed E-state index contributed by atoms with van der Waals surface area (Å²) in [6.07, 6.45) is 1.85. The molecule has 2 aromatic rings. The number of likely N-dealkylation sites (N-methyl/N-ethyl adjacent to an activating group) is 1. The molecule has 3 rings (SSSR count). The highest BCUT2D eigenvalue weighted by Crippen LogP contribution is 2.14. The van der Waals surface area contributed by atoms with Crippen LogP contribution in [0.2, 0.25) is 0 Å². The molecule has 0 aliphatic carbocycles. The summed E-state index contributed by atoms with van der Waals surface area (Å²) in [7, 11) is 0. The number of nitrogens with one attached hydrogen (secondary N) is 1. The van der Waals surface area contributed by atoms with Gasteiger partial charge in [-0.2, -0.15) is 5.10 Å². The van der Waals surface area contributed by atoms with Gasteiger partial charge < -0.3 is 15.1 Å². The van der Waals surface area contributed by atoms with Crippen LogP contribution in [0.1, 0.15) is 23.9 Å². The highest BCUT2D eigenvalue weighted by molar-refractivity contribution is 5.75. The fourth-order valence-electron chi connectivity index (χ4n) is 3.23. The van der Waals surface area contributed by atoms with E-state index in [1.54, 1.807) is 4.68 Å². The first-order valence-electron chi connectivity index (χ1n) is 9.25. The molecule has 1 N–H and O–H groups in total. The van der Waals surface area contributed by atoms with Gasteiger partial charge in [-0.25, -0.2) is 4.98 Å². The normalized spacial score (nSPS) is 15.3. The number of carbonyl (C=O) groups excluding carboxylic acids is 1. The molecule has 1 saturated heterocycles. The van der Waals surface area contributed by atoms with Crippen LogP contribution in [0.25, 0.3) is 0 Å². The van der Waals surface area contributed by atoms with E-state index in [2.05, 4.69) is 32.1 Å². The molecule has 1 fully saturated rings. The first-order valence-corrected chi connectivity index (χ1v) is 9.25. The number of aromatic nitrogens is 3. The maximum absolute atomic E-state index is 12.1. The van der Waals surface area contributed by atoms with Crippen molar-refractivity contribution in [2.45, 2.75) is 33.9 Å². The van der Waals surface area contributed by atoms with Crippen molar-refractivity contribution < 1.29 is 4.79 Å². The van der Waals surface area contributed by atoms with E-state index in [1.165, 1.54) is 0 Å². The Kier molecular flexibility index (Phi) is 5.88. The van der Waals surface area contributed by atoms with Gasteiger partial charge in [-0.05, 0) is 38.1 Å². The van der Waals surface area contributed by atoms with Crippen molar-refractivity contribution in [3.05, 3.63) is 41.3 Å². The summed E-state index contributed by atoms with van der Waals surface area (Å²) in [5, 5.41) is 7.25. The predicted octanol–water partition coefficient (Wildman–Crippen LogP) is 1.35. The van der Waals surface area contributed by atoms with Crippen molar-refractivity contribution >= 4 is 11.7 Å². The molecular weight excluding hydrogens is 328 g/mol. The molecule has 2 aromatic heterocycles. The van der Waals surface area contributed by atoms with Crippen molar-refractivity contribution in [3.8, 4) is 0 Å². The molecule has 0 saturated carbocycles. The van der Waals surface area contributed by atoms with Crippen molar-refractivity contribution in [3.63, 3.8) is 0 Å². The summed E-state index contributed by atoms with van der Waals surface area (Å²) in [4.78, 5) is 21.5. The molecule has 7 heteroatoms. The van der Waals surface area contributed by atoms with Crippen LogP contribution in [-0.2, 0) is 17.9 Å². The van der Waals surface area contributed by atoms with Crippen LogP contribution < -0.4 is 10.2 Å². The molecule has 0 bridgehead atoms. The Morgan fingerprint density at radius 1 is 1.19 bits per heavy atom. The first kappa shape index (κ1) is 18.4. The topological polar surface area (TPSA) is 66.3 Å². The summed E-state index contributed by atoms with van der Waals surface area (Å²) in [5.41, 5.74) is 2.92. The van der Waals surface area contributed by atoms with E-state index in [9.17, 15) is 4.79 Å². The zero-order valence-corrected chi connectivity index (χ0v) is 15.9. The summed E-state index contributed by atoms with van der Waals surface area (Å²) in [5.74, 6) is 0.967. The minimum Gasteiger partial charge on any atom is -0.354 e. The molecule has 0 radical (unpaired) electrons. The number of piperazine rings is 1. The monoisotopic (exact) mass is 356 g/mol. The van der Waals surface area contributed by atoms with E-state index in [4.69, 9.17) is 0 Å². The van der Waals surface area contributed by atoms with Gasteiger partial charge in [0.1, 0.15) is 12.4 Å². The standard InChI is InChI=1S/C19H28N6O/c1-4-23-7-9-24(10-8-23)18-6-5-17(12-20-18)13-21-19(26)14-25-16(3)11-15(2)22-25/h5-6,11-12H,4,7-10,13-14H2,1-3H3,(H,21,26). The first-order chi connectivity index (χ1) is 12.5. The number of amides is 1. The number of pyridine rings is 1. The Morgan fingerprint density at radius 2 is 1.96 bits per heavy atom. The van der Waals surface area contributed by atoms with Crippen LogP contribution in [0.3, 0.4) is 0 Å². The van der Waals surface area contributed by atoms with Gasteiger partial charge in [0.15, 0.2) is 0 Å². The van der Waals surface area contributed by atoms with E-state index in [1.807, 2.05) is 38.2 Å². The average molecular weight is 356 g/mol. The zero-order chi connectivity index (χ0) is 18.5. The van der Waals surface area contributed by atoms with Gasteiger partial charge in [-0.1, -0.05) is 13.0 Å². The van der Waals surface area contributed by atoms with Crippen LogP contribution in [0.15, 0.2) is 24.4 Å². The molecule has 1 amide bonds. The summed E-state index contributed by atoms with van der Waals surface area (Å²) in [6, 6.07) is 6.05. The fraction of sp³-hybridized carbons (Fsp3) is 0.526. The number of rotatable bonds is 6. The Balaban J connectivity index is 1.48. The van der Waals surface area contributed by atoms with Crippen molar-refractivity contribution in [2.24, 2.45) is 0 Å². The molecule has 1 aliphatic rings. The van der Waals surface area contributed by atoms with Crippen LogP contribution in [0.5, 0.6) is 0 Å². The Labute approximate surface area is 155 Å². The lowest BCUT2D eigenvalue weighted by Crippen LogP contribution is -2.46. The van der Waals surface area contributed by atoms with Gasteiger partial charge in [-0.3, -0.25) is 9.48 Å². The van der Waals surface area contributed by atoms with Gasteiger partial charge in [0.2, 0.25) is 5.91 Å². The number of nitrogens with zero attached hydrogens (tertiary/aromatic N) is 5. The second-order valence-corrected chi connectivity index (χ2v) is 6.81. The second kappa shape index (κ2) is 8.31. The van der Waals surface area contributed by atoms with Crippen LogP contribution in [-0.4, -0.2) is 58.3 Å². The largest absolute Gasteiger partial charge is 0.354 e. The Morgan fingerprint density at radius 3 is 2.54 bits per heavy atom. The van der Waals surface area contributed by atoms with Crippen molar-refractivity contribution in [2.75, 3.05) is 37.6 Å². The predicted molar refractivity (Wildman–Crippen MR) is 102 cm³/mol. The molecule has 140 valence electrons. The minimum atomic E-state index is -0.0454. The van der Waals surface area contributed by atoms with Crippen LogP contribution in [0.4, 0.5) is 5.82 Å². The third-order valence-corrected chi connectivity index (χ3v) is 4.84. The van der Waals surface area contributed by atoms with E-state index in [0.29, 0.717) is 6.54 Å². The van der Waals surface area contributed by atoms with Gasteiger partial charge in [0.25, 0.3) is 0 Å². The number of carbonyl (C=O) groups is 1. The zero-order valence-electron chi connectivity index (χ0n) is 15.9. The number of hydrogen-bond acceptors (Lipinski definition) is 5. The number of hydrogen-bond donors (Lipinski definition) is 1. The minimum absolute atomic E-state index is 0.0454. The maximum atomic E-state index is 12.1. The fourth-order valence-corrected chi connectivity index (χ4v) is 3.23. The lowest BCUT2D eigenvalue weighted by molar-refractivity contribution is -0.122. The molecule has 3 heterocycles. The molecule has 0 aromatic carbocycles. The average Bonchev–Trinajstić information content (AvgIpc) is 2.97. The highest BCUT2D eigenvalue weighted by atomic mass is 16.2. The van der Waals surface area contributed by atoms with E-state index in [0.717, 1.165) is 55.5 Å². The summed E-state index contributed by atoms with van der Waals surface area (Å²) >= 11 is 0. The molecule has 0 atom stereocenters. The van der Waals surface area contributed by atoms with Crippen LogP contribution >= 0.6 is 0 Å². The van der Waals surface area contributed by atoms with Gasteiger partial charge in [0.05, 0.1) is 5.69 Å². The number of anilines is 1. The van der Waals surface area contributed by atoms with Gasteiger partial charge >= 0.3 is 0 Å². The Bertz CT molecular complexity index is 731. The SMILES string of the molecule is CCN1CCN(c2ccc(CNC(=O)Cn3nc(C)cc3C)cn2)CC1. The van der Waals surface area contributed by atoms with E-state index < -0.39 is 0 Å². The van der Waals surface area contributed by atoms with Gasteiger partial charge in [0, 0.05) is 44.6 Å². The lowest BCUT2D eigenvalue weighted by Gasteiger charge is -2.34. The summed E-state index contributed by atoms with van der Waals surface area (Å²) < 4.78 is 1.72. The van der Waals surface area contributed by atoms with Gasteiger partial charge in [-0.15, -0.1) is 0 Å². The summed E-state index contributed by atoms with van der Waals surface area (Å²) in [6.45, 7) is 12.1. The van der Waals surface area contributed by atoms with Crippen molar-refractivity contribution in [1.82, 2.24) is 25.0 Å². The highest BCUT2D eigenvalue weighted by Gasteiger charge is 2.16. The van der Waals surface area contributed by atoms with E-state index in [-0.39, 0.29) is 12.5 Å². The smallest absolute Gasteiger partial charge is 0.242 e. The Hall–Kier alpha value is -2.41. The molecule has 7 nitrogen and oxygen atoms in total.